The van der Waals surface area contributed by atoms with E-state index in [1.165, 1.54) is 6.07 Å². The molecule has 146 valence electrons. The van der Waals surface area contributed by atoms with Gasteiger partial charge in [-0.2, -0.15) is 17.7 Å². The van der Waals surface area contributed by atoms with Crippen LogP contribution in [0.5, 0.6) is 0 Å². The average molecular weight is 389 g/mol. The second-order valence-corrected chi connectivity index (χ2v) is 7.27. The predicted octanol–water partition coefficient (Wildman–Crippen LogP) is 2.64. The molecule has 10 heteroatoms. The van der Waals surface area contributed by atoms with Crippen molar-refractivity contribution in [3.05, 3.63) is 42.4 Å². The van der Waals surface area contributed by atoms with Gasteiger partial charge in [0.1, 0.15) is 18.0 Å². The second-order valence-electron chi connectivity index (χ2n) is 7.27. The molecule has 0 bridgehead atoms. The van der Waals surface area contributed by atoms with E-state index in [0.717, 1.165) is 44.0 Å². The molecular formula is C18H18F3N7. The van der Waals surface area contributed by atoms with Crippen LogP contribution in [0.15, 0.2) is 36.8 Å². The summed E-state index contributed by atoms with van der Waals surface area (Å²) in [7, 11) is 0. The Bertz CT molecular complexity index is 985. The highest BCUT2D eigenvalue weighted by Crippen LogP contribution is 2.36. The first kappa shape index (κ1) is 17.2. The number of aromatic nitrogens is 5. The number of rotatable bonds is 2. The number of hydrogen-bond donors (Lipinski definition) is 0. The van der Waals surface area contributed by atoms with Gasteiger partial charge in [0.05, 0.1) is 11.6 Å². The van der Waals surface area contributed by atoms with E-state index >= 15 is 0 Å². The third-order valence-corrected chi connectivity index (χ3v) is 5.70. The largest absolute Gasteiger partial charge is 0.417 e. The molecule has 28 heavy (non-hydrogen) atoms. The summed E-state index contributed by atoms with van der Waals surface area (Å²) < 4.78 is 40.0. The van der Waals surface area contributed by atoms with Gasteiger partial charge in [0.15, 0.2) is 5.65 Å². The highest BCUT2D eigenvalue weighted by atomic mass is 19.4. The van der Waals surface area contributed by atoms with Gasteiger partial charge in [0.2, 0.25) is 0 Å². The fourth-order valence-electron chi connectivity index (χ4n) is 4.25. The van der Waals surface area contributed by atoms with Crippen LogP contribution in [-0.2, 0) is 6.18 Å². The Labute approximate surface area is 158 Å². The number of hydrogen-bond acceptors (Lipinski definition) is 6. The third-order valence-electron chi connectivity index (χ3n) is 5.70. The number of alkyl halides is 3. The van der Waals surface area contributed by atoms with Crippen molar-refractivity contribution in [2.45, 2.75) is 25.1 Å². The van der Waals surface area contributed by atoms with Gasteiger partial charge in [0.25, 0.3) is 0 Å². The summed E-state index contributed by atoms with van der Waals surface area (Å²) in [5, 5.41) is 12.4. The van der Waals surface area contributed by atoms with Crippen molar-refractivity contribution in [2.75, 3.05) is 29.4 Å². The smallest absolute Gasteiger partial charge is 0.355 e. The summed E-state index contributed by atoms with van der Waals surface area (Å²) in [6.45, 7) is 2.42. The highest BCUT2D eigenvalue weighted by molar-refractivity contribution is 5.49. The molecule has 0 aliphatic carbocycles. The summed E-state index contributed by atoms with van der Waals surface area (Å²) in [6.07, 6.45) is 0.188. The first-order chi connectivity index (χ1) is 13.5. The van der Waals surface area contributed by atoms with Crippen LogP contribution < -0.4 is 9.80 Å². The Balaban J connectivity index is 1.37. The first-order valence-corrected chi connectivity index (χ1v) is 9.21. The predicted molar refractivity (Wildman–Crippen MR) is 96.1 cm³/mol. The Hall–Kier alpha value is -2.91. The van der Waals surface area contributed by atoms with E-state index < -0.39 is 11.7 Å². The van der Waals surface area contributed by atoms with Crippen molar-refractivity contribution in [1.82, 2.24) is 24.8 Å². The Kier molecular flexibility index (Phi) is 3.88. The normalized spacial score (nSPS) is 22.7. The van der Waals surface area contributed by atoms with Crippen molar-refractivity contribution in [3.8, 4) is 0 Å². The van der Waals surface area contributed by atoms with Gasteiger partial charge in [0, 0.05) is 25.8 Å². The molecule has 3 aromatic heterocycles. The Morgan fingerprint density at radius 1 is 1.00 bits per heavy atom. The summed E-state index contributed by atoms with van der Waals surface area (Å²) in [6, 6.07) is 6.65. The van der Waals surface area contributed by atoms with Gasteiger partial charge in [-0.1, -0.05) is 0 Å². The second kappa shape index (κ2) is 6.32. The molecule has 3 aromatic rings. The van der Waals surface area contributed by atoms with E-state index in [1.54, 1.807) is 10.8 Å². The van der Waals surface area contributed by atoms with Gasteiger partial charge in [-0.05, 0) is 43.0 Å². The zero-order valence-electron chi connectivity index (χ0n) is 14.9. The lowest BCUT2D eigenvalue weighted by Gasteiger charge is -2.39. The van der Waals surface area contributed by atoms with Crippen LogP contribution >= 0.6 is 0 Å². The summed E-state index contributed by atoms with van der Waals surface area (Å²) >= 11 is 0. The molecule has 5 heterocycles. The minimum absolute atomic E-state index is 0.249. The molecule has 0 spiro atoms. The van der Waals surface area contributed by atoms with Gasteiger partial charge in [-0.15, -0.1) is 15.3 Å². The van der Waals surface area contributed by atoms with Gasteiger partial charge < -0.3 is 9.80 Å². The molecule has 2 atom stereocenters. The first-order valence-electron chi connectivity index (χ1n) is 9.21. The molecular weight excluding hydrogens is 371 g/mol. The third kappa shape index (κ3) is 2.92. The summed E-state index contributed by atoms with van der Waals surface area (Å²) in [5.74, 6) is 1.99. The summed E-state index contributed by atoms with van der Waals surface area (Å²) in [4.78, 5) is 8.41. The molecule has 0 amide bonds. The standard InChI is InChI=1S/C18H18F3N7/c19-18(20,21)13-1-2-15(22-9-13)26-7-5-12-6-8-27(14(12)10-26)17-4-3-16-24-23-11-28(16)25-17/h1-4,9,11-12,14H,5-8,10H2. The van der Waals surface area contributed by atoms with E-state index in [4.69, 9.17) is 0 Å². The zero-order valence-corrected chi connectivity index (χ0v) is 14.9. The summed E-state index contributed by atoms with van der Waals surface area (Å²) in [5.41, 5.74) is -0.0289. The van der Waals surface area contributed by atoms with Gasteiger partial charge >= 0.3 is 6.18 Å². The lowest BCUT2D eigenvalue weighted by atomic mass is 9.92. The lowest BCUT2D eigenvalue weighted by Crippen LogP contribution is -2.49. The van der Waals surface area contributed by atoms with E-state index in [1.807, 2.05) is 12.1 Å². The molecule has 0 N–H and O–H groups in total. The van der Waals surface area contributed by atoms with Crippen LogP contribution in [0, 0.1) is 5.92 Å². The zero-order chi connectivity index (χ0) is 19.3. The number of pyridine rings is 1. The minimum Gasteiger partial charge on any atom is -0.355 e. The number of anilines is 2. The van der Waals surface area contributed by atoms with Crippen LogP contribution in [0.25, 0.3) is 5.65 Å². The molecule has 0 aromatic carbocycles. The Morgan fingerprint density at radius 2 is 1.82 bits per heavy atom. The van der Waals surface area contributed by atoms with Crippen molar-refractivity contribution in [2.24, 2.45) is 5.92 Å². The SMILES string of the molecule is FC(F)(F)c1ccc(N2CCC3CCN(c4ccc5nncn5n4)C3C2)nc1. The quantitative estimate of drug-likeness (QED) is 0.672. The van der Waals surface area contributed by atoms with Crippen molar-refractivity contribution < 1.29 is 13.2 Å². The van der Waals surface area contributed by atoms with Crippen LogP contribution in [0.2, 0.25) is 0 Å². The maximum atomic E-state index is 12.8. The highest BCUT2D eigenvalue weighted by Gasteiger charge is 2.39. The number of piperidine rings is 1. The average Bonchev–Trinajstić information content (AvgIpc) is 3.33. The molecule has 7 nitrogen and oxygen atoms in total. The number of halogens is 3. The van der Waals surface area contributed by atoms with Crippen LogP contribution in [0.1, 0.15) is 18.4 Å². The van der Waals surface area contributed by atoms with E-state index in [2.05, 4.69) is 30.1 Å². The fraction of sp³-hybridized carbons (Fsp3) is 0.444. The lowest BCUT2D eigenvalue weighted by molar-refractivity contribution is -0.137. The topological polar surface area (TPSA) is 62.5 Å². The molecule has 2 aliphatic heterocycles. The van der Waals surface area contributed by atoms with E-state index in [-0.39, 0.29) is 6.04 Å². The van der Waals surface area contributed by atoms with Crippen LogP contribution in [0.4, 0.5) is 24.8 Å². The van der Waals surface area contributed by atoms with Gasteiger partial charge in [-0.25, -0.2) is 4.98 Å². The molecule has 2 fully saturated rings. The van der Waals surface area contributed by atoms with E-state index in [0.29, 0.717) is 23.9 Å². The number of nitrogens with zero attached hydrogens (tertiary/aromatic N) is 7. The molecule has 0 saturated carbocycles. The maximum Gasteiger partial charge on any atom is 0.417 e. The van der Waals surface area contributed by atoms with Crippen LogP contribution in [0.3, 0.4) is 0 Å². The van der Waals surface area contributed by atoms with Crippen molar-refractivity contribution >= 4 is 17.3 Å². The molecule has 5 rings (SSSR count). The van der Waals surface area contributed by atoms with E-state index in [9.17, 15) is 13.2 Å². The monoisotopic (exact) mass is 389 g/mol. The molecule has 0 radical (unpaired) electrons. The maximum absolute atomic E-state index is 12.8. The number of fused-ring (bicyclic) bond motifs is 2. The Morgan fingerprint density at radius 3 is 2.61 bits per heavy atom. The molecule has 2 aliphatic rings. The van der Waals surface area contributed by atoms with Crippen LogP contribution in [-0.4, -0.2) is 50.5 Å². The molecule has 2 unspecified atom stereocenters. The van der Waals surface area contributed by atoms with Crippen molar-refractivity contribution in [3.63, 3.8) is 0 Å². The van der Waals surface area contributed by atoms with Gasteiger partial charge in [-0.3, -0.25) is 0 Å². The fourth-order valence-corrected chi connectivity index (χ4v) is 4.25. The molecule has 2 saturated heterocycles. The minimum atomic E-state index is -4.37. The van der Waals surface area contributed by atoms with Crippen molar-refractivity contribution in [1.29, 1.82) is 0 Å².